The van der Waals surface area contributed by atoms with Crippen molar-refractivity contribution < 1.29 is 18.3 Å². The molecule has 0 aliphatic heterocycles. The largest absolute Gasteiger partial charge is 0.493 e. The Bertz CT molecular complexity index is 372. The van der Waals surface area contributed by atoms with Crippen molar-refractivity contribution in [3.8, 4) is 5.88 Å². The van der Waals surface area contributed by atoms with Crippen molar-refractivity contribution in [2.24, 2.45) is 0 Å². The van der Waals surface area contributed by atoms with Gasteiger partial charge in [0.2, 0.25) is 5.88 Å². The number of aromatic nitrogens is 2. The quantitative estimate of drug-likeness (QED) is 0.761. The molecule has 7 heteroatoms. The average molecular weight is 208 g/mol. The van der Waals surface area contributed by atoms with E-state index >= 15 is 0 Å². The molecule has 0 spiro atoms. The highest BCUT2D eigenvalue weighted by Gasteiger charge is 2.26. The molecule has 1 aromatic heterocycles. The summed E-state index contributed by atoms with van der Waals surface area (Å²) in [5, 5.41) is 8.81. The molecule has 14 heavy (non-hydrogen) atoms. The number of hydrogen-bond acceptors (Lipinski definition) is 3. The van der Waals surface area contributed by atoms with E-state index in [4.69, 9.17) is 5.11 Å². The van der Waals surface area contributed by atoms with Gasteiger partial charge in [-0.05, 0) is 0 Å². The van der Waals surface area contributed by atoms with Crippen molar-refractivity contribution in [1.29, 1.82) is 0 Å². The Kier molecular flexibility index (Phi) is 2.78. The molecule has 0 saturated carbocycles. The monoisotopic (exact) mass is 208 g/mol. The number of alkyl halides is 3. The number of nitrogens with zero attached hydrogens (tertiary/aromatic N) is 1. The van der Waals surface area contributed by atoms with Gasteiger partial charge in [0.15, 0.2) is 0 Å². The molecular weight excluding hydrogens is 201 g/mol. The second-order valence-electron chi connectivity index (χ2n) is 2.67. The van der Waals surface area contributed by atoms with Crippen LogP contribution in [0.4, 0.5) is 13.2 Å². The molecule has 0 atom stereocenters. The Balaban J connectivity index is 2.73. The van der Waals surface area contributed by atoms with Gasteiger partial charge in [-0.1, -0.05) is 0 Å². The predicted octanol–water partition coefficient (Wildman–Crippen LogP) is 0.970. The Morgan fingerprint density at radius 3 is 2.64 bits per heavy atom. The summed E-state index contributed by atoms with van der Waals surface area (Å²) in [5.41, 5.74) is -0.672. The lowest BCUT2D eigenvalue weighted by molar-refractivity contribution is -0.134. The number of nitrogens with one attached hydrogen (secondary N) is 1. The van der Waals surface area contributed by atoms with Crippen LogP contribution in [0.25, 0.3) is 0 Å². The summed E-state index contributed by atoms with van der Waals surface area (Å²) in [6.45, 7) is 0. The molecule has 0 aliphatic rings. The van der Waals surface area contributed by atoms with E-state index in [0.717, 1.165) is 6.07 Å². The van der Waals surface area contributed by atoms with Crippen molar-refractivity contribution >= 4 is 0 Å². The van der Waals surface area contributed by atoms with Crippen LogP contribution in [0.15, 0.2) is 10.9 Å². The number of halogens is 3. The molecule has 0 aromatic carbocycles. The van der Waals surface area contributed by atoms with Gasteiger partial charge in [-0.2, -0.15) is 13.2 Å². The van der Waals surface area contributed by atoms with Gasteiger partial charge in [0, 0.05) is 6.42 Å². The SMILES string of the molecule is O=c1cc(O)nc(CCC(F)(F)F)[nH]1. The first kappa shape index (κ1) is 10.6. The van der Waals surface area contributed by atoms with Gasteiger partial charge in [0.05, 0.1) is 12.5 Å². The molecule has 0 unspecified atom stereocenters. The minimum absolute atomic E-state index is 0.174. The zero-order chi connectivity index (χ0) is 10.8. The minimum Gasteiger partial charge on any atom is -0.493 e. The average Bonchev–Trinajstić information content (AvgIpc) is 1.97. The lowest BCUT2D eigenvalue weighted by Gasteiger charge is -2.04. The number of aromatic amines is 1. The van der Waals surface area contributed by atoms with Crippen molar-refractivity contribution in [3.63, 3.8) is 0 Å². The second-order valence-corrected chi connectivity index (χ2v) is 2.67. The third-order valence-electron chi connectivity index (χ3n) is 1.42. The second kappa shape index (κ2) is 3.69. The first-order chi connectivity index (χ1) is 6.37. The van der Waals surface area contributed by atoms with Crippen molar-refractivity contribution in [3.05, 3.63) is 22.2 Å². The lowest BCUT2D eigenvalue weighted by Crippen LogP contribution is -2.14. The molecule has 0 aliphatic carbocycles. The van der Waals surface area contributed by atoms with Crippen LogP contribution in [0.2, 0.25) is 0 Å². The van der Waals surface area contributed by atoms with E-state index in [-0.39, 0.29) is 5.82 Å². The number of H-pyrrole nitrogens is 1. The fraction of sp³-hybridized carbons (Fsp3) is 0.429. The maximum Gasteiger partial charge on any atom is 0.389 e. The van der Waals surface area contributed by atoms with E-state index in [0.29, 0.717) is 0 Å². The summed E-state index contributed by atoms with van der Waals surface area (Å²) in [5.74, 6) is -0.752. The molecular formula is C7H7F3N2O2. The van der Waals surface area contributed by atoms with Crippen molar-refractivity contribution in [1.82, 2.24) is 9.97 Å². The maximum atomic E-state index is 11.8. The molecule has 0 saturated heterocycles. The van der Waals surface area contributed by atoms with E-state index in [1.165, 1.54) is 0 Å². The fourth-order valence-corrected chi connectivity index (χ4v) is 0.873. The summed E-state index contributed by atoms with van der Waals surface area (Å²) in [4.78, 5) is 16.1. The van der Waals surface area contributed by atoms with Gasteiger partial charge in [0.25, 0.3) is 5.56 Å². The zero-order valence-electron chi connectivity index (χ0n) is 6.93. The van der Waals surface area contributed by atoms with Crippen LogP contribution in [0.3, 0.4) is 0 Å². The molecule has 4 nitrogen and oxygen atoms in total. The van der Waals surface area contributed by atoms with Crippen LogP contribution in [0.5, 0.6) is 5.88 Å². The Hall–Kier alpha value is -1.53. The highest BCUT2D eigenvalue weighted by atomic mass is 19.4. The third kappa shape index (κ3) is 3.46. The van der Waals surface area contributed by atoms with Crippen molar-refractivity contribution in [2.75, 3.05) is 0 Å². The van der Waals surface area contributed by atoms with Gasteiger partial charge in [-0.25, -0.2) is 4.98 Å². The first-order valence-corrected chi connectivity index (χ1v) is 3.73. The van der Waals surface area contributed by atoms with Gasteiger partial charge in [-0.3, -0.25) is 4.79 Å². The van der Waals surface area contributed by atoms with E-state index in [1.807, 2.05) is 0 Å². The summed E-state index contributed by atoms with van der Waals surface area (Å²) < 4.78 is 35.3. The predicted molar refractivity (Wildman–Crippen MR) is 40.9 cm³/mol. The normalized spacial score (nSPS) is 11.6. The van der Waals surface area contributed by atoms with Crippen LogP contribution in [-0.2, 0) is 6.42 Å². The molecule has 0 radical (unpaired) electrons. The first-order valence-electron chi connectivity index (χ1n) is 3.73. The number of aromatic hydroxyl groups is 1. The zero-order valence-corrected chi connectivity index (χ0v) is 6.93. The Labute approximate surface area is 76.4 Å². The standard InChI is InChI=1S/C7H7F3N2O2/c8-7(9,10)2-1-4-11-5(13)3-6(14)12-4/h3H,1-2H2,(H2,11,12,13,14). The molecule has 1 heterocycles. The summed E-state index contributed by atoms with van der Waals surface area (Å²) >= 11 is 0. The fourth-order valence-electron chi connectivity index (χ4n) is 0.873. The number of aryl methyl sites for hydroxylation is 1. The molecule has 0 bridgehead atoms. The van der Waals surface area contributed by atoms with E-state index in [9.17, 15) is 18.0 Å². The Morgan fingerprint density at radius 2 is 2.14 bits per heavy atom. The van der Waals surface area contributed by atoms with Gasteiger partial charge >= 0.3 is 6.18 Å². The minimum atomic E-state index is -4.30. The van der Waals surface area contributed by atoms with Crippen LogP contribution in [0, 0.1) is 0 Å². The van der Waals surface area contributed by atoms with Gasteiger partial charge < -0.3 is 10.1 Å². The lowest BCUT2D eigenvalue weighted by atomic mass is 10.3. The molecule has 0 fully saturated rings. The smallest absolute Gasteiger partial charge is 0.389 e. The van der Waals surface area contributed by atoms with Crippen LogP contribution >= 0.6 is 0 Å². The van der Waals surface area contributed by atoms with Crippen molar-refractivity contribution in [2.45, 2.75) is 19.0 Å². The summed E-state index contributed by atoms with van der Waals surface area (Å²) in [6, 6.07) is 0.789. The maximum absolute atomic E-state index is 11.8. The van der Waals surface area contributed by atoms with Gasteiger partial charge in [0.1, 0.15) is 5.82 Å². The molecule has 2 N–H and O–H groups in total. The van der Waals surface area contributed by atoms with E-state index in [2.05, 4.69) is 9.97 Å². The number of rotatable bonds is 2. The Morgan fingerprint density at radius 1 is 1.50 bits per heavy atom. The molecule has 1 rings (SSSR count). The highest BCUT2D eigenvalue weighted by Crippen LogP contribution is 2.20. The van der Waals surface area contributed by atoms with Crippen LogP contribution in [0.1, 0.15) is 12.2 Å². The molecule has 0 amide bonds. The summed E-state index contributed by atoms with van der Waals surface area (Å²) in [7, 11) is 0. The molecule has 1 aromatic rings. The van der Waals surface area contributed by atoms with Gasteiger partial charge in [-0.15, -0.1) is 0 Å². The van der Waals surface area contributed by atoms with E-state index < -0.39 is 30.5 Å². The number of hydrogen-bond donors (Lipinski definition) is 2. The van der Waals surface area contributed by atoms with Crippen LogP contribution < -0.4 is 5.56 Å². The summed E-state index contributed by atoms with van der Waals surface area (Å²) in [6.07, 6.45) is -5.84. The third-order valence-corrected chi connectivity index (χ3v) is 1.42. The highest BCUT2D eigenvalue weighted by molar-refractivity contribution is 5.06. The van der Waals surface area contributed by atoms with E-state index in [1.54, 1.807) is 0 Å². The van der Waals surface area contributed by atoms with Crippen LogP contribution in [-0.4, -0.2) is 21.3 Å². The molecule has 78 valence electrons. The topological polar surface area (TPSA) is 66.0 Å².